The van der Waals surface area contributed by atoms with E-state index >= 15 is 0 Å². The Balaban J connectivity index is 2.30. The van der Waals surface area contributed by atoms with Gasteiger partial charge in [-0.15, -0.1) is 22.7 Å². The Kier molecular flexibility index (Phi) is 4.96. The summed E-state index contributed by atoms with van der Waals surface area (Å²) in [6.45, 7) is -0.122. The zero-order valence-electron chi connectivity index (χ0n) is 10.9. The minimum absolute atomic E-state index is 0.0605. The van der Waals surface area contributed by atoms with E-state index in [0.717, 1.165) is 11.3 Å². The quantitative estimate of drug-likeness (QED) is 0.679. The van der Waals surface area contributed by atoms with E-state index < -0.39 is 10.0 Å². The average Bonchev–Trinajstić information content (AvgIpc) is 2.95. The van der Waals surface area contributed by atoms with Gasteiger partial charge in [-0.25, -0.2) is 13.6 Å². The van der Waals surface area contributed by atoms with Crippen molar-refractivity contribution < 1.29 is 23.4 Å². The lowest BCUT2D eigenvalue weighted by Gasteiger charge is -2.19. The first-order valence-corrected chi connectivity index (χ1v) is 9.12. The first kappa shape index (κ1) is 16.3. The molecule has 0 aliphatic rings. The molecule has 2 heterocycles. The van der Waals surface area contributed by atoms with Crippen molar-refractivity contribution in [2.24, 2.45) is 5.14 Å². The molecule has 0 bridgehead atoms. The normalized spacial score (nSPS) is 12.0. The molecular weight excluding hydrogens is 336 g/mol. The predicted octanol–water partition coefficient (Wildman–Crippen LogP) is 0.0370. The monoisotopic (exact) mass is 350 g/mol. The fraction of sp³-hybridized carbons (Fsp3) is 0.364. The van der Waals surface area contributed by atoms with Gasteiger partial charge in [-0.3, -0.25) is 4.79 Å². The first-order chi connectivity index (χ1) is 9.86. The Hall–Kier alpha value is -1.04. The molecule has 116 valence electrons. The third-order valence-electron chi connectivity index (χ3n) is 2.71. The van der Waals surface area contributed by atoms with E-state index in [0.29, 0.717) is 14.3 Å². The maximum Gasteiger partial charge on any atom is 0.264 e. The largest absolute Gasteiger partial charge is 0.395 e. The third kappa shape index (κ3) is 3.59. The Morgan fingerprint density at radius 1 is 1.19 bits per heavy atom. The molecule has 7 nitrogen and oxygen atoms in total. The van der Waals surface area contributed by atoms with E-state index in [9.17, 15) is 13.2 Å². The number of sulfonamides is 1. The highest BCUT2D eigenvalue weighted by Gasteiger charge is 2.20. The van der Waals surface area contributed by atoms with E-state index in [4.69, 9.17) is 15.4 Å². The van der Waals surface area contributed by atoms with Crippen molar-refractivity contribution in [1.29, 1.82) is 0 Å². The van der Waals surface area contributed by atoms with E-state index in [-0.39, 0.29) is 36.4 Å². The van der Waals surface area contributed by atoms with E-state index in [1.54, 1.807) is 6.07 Å². The zero-order chi connectivity index (χ0) is 15.6. The van der Waals surface area contributed by atoms with Gasteiger partial charge in [0.2, 0.25) is 10.0 Å². The van der Waals surface area contributed by atoms with Gasteiger partial charge in [0.1, 0.15) is 4.21 Å². The number of carbonyl (C=O) groups is 1. The van der Waals surface area contributed by atoms with Crippen LogP contribution in [0, 0.1) is 0 Å². The molecule has 0 unspecified atom stereocenters. The van der Waals surface area contributed by atoms with Crippen molar-refractivity contribution in [3.05, 3.63) is 17.0 Å². The molecule has 0 spiro atoms. The van der Waals surface area contributed by atoms with Crippen molar-refractivity contribution in [2.45, 2.75) is 4.21 Å². The summed E-state index contributed by atoms with van der Waals surface area (Å²) in [6, 6.07) is 3.03. The molecule has 0 saturated carbocycles. The number of nitrogens with two attached hydrogens (primary N) is 1. The third-order valence-corrected chi connectivity index (χ3v) is 6.51. The molecule has 0 aromatic carbocycles. The van der Waals surface area contributed by atoms with Crippen molar-refractivity contribution in [1.82, 2.24) is 4.90 Å². The maximum absolute atomic E-state index is 12.2. The predicted molar refractivity (Wildman–Crippen MR) is 81.2 cm³/mol. The minimum Gasteiger partial charge on any atom is -0.395 e. The number of nitrogens with zero attached hydrogens (tertiary/aromatic N) is 1. The molecule has 0 radical (unpaired) electrons. The molecule has 0 fully saturated rings. The van der Waals surface area contributed by atoms with Gasteiger partial charge in [-0.1, -0.05) is 0 Å². The molecule has 4 N–H and O–H groups in total. The van der Waals surface area contributed by atoms with Crippen LogP contribution in [0.4, 0.5) is 0 Å². The molecule has 1 amide bonds. The van der Waals surface area contributed by atoms with Crippen LogP contribution in [0.3, 0.4) is 0 Å². The summed E-state index contributed by atoms with van der Waals surface area (Å²) in [7, 11) is -3.74. The number of amides is 1. The molecule has 10 heteroatoms. The van der Waals surface area contributed by atoms with Crippen molar-refractivity contribution in [2.75, 3.05) is 26.3 Å². The highest BCUT2D eigenvalue weighted by molar-refractivity contribution is 7.91. The first-order valence-electron chi connectivity index (χ1n) is 5.94. The highest BCUT2D eigenvalue weighted by Crippen LogP contribution is 2.35. The van der Waals surface area contributed by atoms with Crippen LogP contribution in [0.2, 0.25) is 0 Å². The number of hydrogen-bond donors (Lipinski definition) is 3. The van der Waals surface area contributed by atoms with Crippen molar-refractivity contribution >= 4 is 48.0 Å². The van der Waals surface area contributed by atoms with E-state index in [2.05, 4.69) is 0 Å². The molecule has 2 rings (SSSR count). The number of primary sulfonamides is 1. The second-order valence-electron chi connectivity index (χ2n) is 4.20. The standard InChI is InChI=1S/C11H14N2O5S3/c12-21(17,18)9-6-7-5-8(19-11(7)20-9)10(16)13(1-3-14)2-4-15/h5-6,14-15H,1-4H2,(H2,12,17,18). The molecule has 0 aliphatic heterocycles. The molecule has 2 aromatic heterocycles. The van der Waals surface area contributed by atoms with E-state index in [1.165, 1.54) is 22.3 Å². The van der Waals surface area contributed by atoms with Crippen LogP contribution in [0.25, 0.3) is 9.40 Å². The van der Waals surface area contributed by atoms with Gasteiger partial charge in [-0.05, 0) is 12.1 Å². The van der Waals surface area contributed by atoms with Crippen LogP contribution in [0.5, 0.6) is 0 Å². The van der Waals surface area contributed by atoms with Crippen LogP contribution in [-0.4, -0.2) is 55.7 Å². The Morgan fingerprint density at radius 2 is 1.81 bits per heavy atom. The Morgan fingerprint density at radius 3 is 2.29 bits per heavy atom. The number of hydrogen-bond acceptors (Lipinski definition) is 7. The maximum atomic E-state index is 12.2. The summed E-state index contributed by atoms with van der Waals surface area (Å²) in [5, 5.41) is 23.6. The summed E-state index contributed by atoms with van der Waals surface area (Å²) in [5.41, 5.74) is 0. The fourth-order valence-electron chi connectivity index (χ4n) is 1.77. The second kappa shape index (κ2) is 6.38. The van der Waals surface area contributed by atoms with Crippen LogP contribution in [-0.2, 0) is 10.0 Å². The topological polar surface area (TPSA) is 121 Å². The molecule has 0 atom stereocenters. The number of aliphatic hydroxyl groups excluding tert-OH is 2. The Labute approximate surface area is 129 Å². The summed E-state index contributed by atoms with van der Waals surface area (Å²) in [5.74, 6) is -0.302. The van der Waals surface area contributed by atoms with Gasteiger partial charge < -0.3 is 15.1 Å². The van der Waals surface area contributed by atoms with Crippen LogP contribution < -0.4 is 5.14 Å². The lowest BCUT2D eigenvalue weighted by molar-refractivity contribution is 0.0689. The summed E-state index contributed by atoms with van der Waals surface area (Å²) in [4.78, 5) is 14.0. The second-order valence-corrected chi connectivity index (χ2v) is 8.35. The van der Waals surface area contributed by atoms with Crippen molar-refractivity contribution in [3.8, 4) is 0 Å². The number of thiophene rings is 2. The molecule has 0 saturated heterocycles. The van der Waals surface area contributed by atoms with Crippen LogP contribution in [0.1, 0.15) is 9.67 Å². The molecular formula is C11H14N2O5S3. The Bertz CT molecular complexity index is 712. The lowest BCUT2D eigenvalue weighted by Crippen LogP contribution is -2.35. The molecule has 2 aromatic rings. The number of rotatable bonds is 6. The summed E-state index contributed by atoms with van der Waals surface area (Å²) < 4.78 is 23.3. The lowest BCUT2D eigenvalue weighted by atomic mass is 10.3. The zero-order valence-corrected chi connectivity index (χ0v) is 13.3. The molecule has 21 heavy (non-hydrogen) atoms. The van der Waals surface area contributed by atoms with Gasteiger partial charge >= 0.3 is 0 Å². The fourth-order valence-corrected chi connectivity index (χ4v) is 5.09. The van der Waals surface area contributed by atoms with Gasteiger partial charge in [-0.2, -0.15) is 0 Å². The average molecular weight is 350 g/mol. The van der Waals surface area contributed by atoms with Crippen LogP contribution >= 0.6 is 22.7 Å². The van der Waals surface area contributed by atoms with Gasteiger partial charge in [0.05, 0.1) is 22.1 Å². The van der Waals surface area contributed by atoms with Crippen molar-refractivity contribution in [3.63, 3.8) is 0 Å². The van der Waals surface area contributed by atoms with E-state index in [1.807, 2.05) is 0 Å². The minimum atomic E-state index is -3.74. The smallest absolute Gasteiger partial charge is 0.264 e. The van der Waals surface area contributed by atoms with Gasteiger partial charge in [0, 0.05) is 18.5 Å². The molecule has 0 aliphatic carbocycles. The van der Waals surface area contributed by atoms with Gasteiger partial charge in [0.25, 0.3) is 5.91 Å². The van der Waals surface area contributed by atoms with Gasteiger partial charge in [0.15, 0.2) is 0 Å². The summed E-state index contributed by atoms with van der Waals surface area (Å²) in [6.07, 6.45) is 0. The number of carbonyl (C=O) groups excluding carboxylic acids is 1. The number of aliphatic hydroxyl groups is 2. The number of fused-ring (bicyclic) bond motifs is 1. The SMILES string of the molecule is NS(=O)(=O)c1cc2cc(C(=O)N(CCO)CCO)sc2s1. The highest BCUT2D eigenvalue weighted by atomic mass is 32.2. The van der Waals surface area contributed by atoms with Crippen LogP contribution in [0.15, 0.2) is 16.3 Å². The summed E-state index contributed by atoms with van der Waals surface area (Å²) >= 11 is 2.18.